The minimum absolute atomic E-state index is 0.284. The monoisotopic (exact) mass is 219 g/mol. The number of hydrogen-bond donors (Lipinski definition) is 2. The average molecular weight is 219 g/mol. The molecule has 0 aliphatic heterocycles. The minimum Gasteiger partial charge on any atom is -0.388 e. The van der Waals surface area contributed by atoms with Gasteiger partial charge in [-0.05, 0) is 20.3 Å². The quantitative estimate of drug-likeness (QED) is 0.566. The predicted molar refractivity (Wildman–Crippen MR) is 60.8 cm³/mol. The van der Waals surface area contributed by atoms with Crippen molar-refractivity contribution >= 4 is 0 Å². The maximum Gasteiger partial charge on any atom is 0.101 e. The van der Waals surface area contributed by atoms with Gasteiger partial charge in [0.15, 0.2) is 0 Å². The van der Waals surface area contributed by atoms with Crippen LogP contribution in [0.5, 0.6) is 0 Å². The van der Waals surface area contributed by atoms with E-state index in [1.54, 1.807) is 0 Å². The lowest BCUT2D eigenvalue weighted by Gasteiger charge is -2.19. The van der Waals surface area contributed by atoms with Crippen LogP contribution in [0.4, 0.5) is 0 Å². The zero-order chi connectivity index (χ0) is 11.7. The second-order valence-corrected chi connectivity index (χ2v) is 4.59. The van der Waals surface area contributed by atoms with E-state index in [4.69, 9.17) is 15.2 Å². The zero-order valence-corrected chi connectivity index (χ0v) is 10.2. The number of hydrogen-bond acceptors (Lipinski definition) is 4. The van der Waals surface area contributed by atoms with Crippen LogP contribution in [-0.4, -0.2) is 43.2 Å². The summed E-state index contributed by atoms with van der Waals surface area (Å²) in [4.78, 5) is 0. The summed E-state index contributed by atoms with van der Waals surface area (Å²) >= 11 is 0. The molecule has 0 saturated carbocycles. The molecule has 1 atom stereocenters. The number of ether oxygens (including phenoxy) is 2. The lowest BCUT2D eigenvalue weighted by Crippen LogP contribution is -2.38. The molecule has 0 saturated heterocycles. The van der Waals surface area contributed by atoms with Gasteiger partial charge in [-0.15, -0.1) is 0 Å². The van der Waals surface area contributed by atoms with E-state index in [2.05, 4.69) is 6.92 Å². The molecule has 0 aliphatic carbocycles. The Balaban J connectivity index is 3.29. The van der Waals surface area contributed by atoms with Gasteiger partial charge in [0.1, 0.15) is 6.10 Å². The number of unbranched alkanes of at least 4 members (excludes halogenated alkanes) is 1. The highest BCUT2D eigenvalue weighted by molar-refractivity contribution is 4.70. The van der Waals surface area contributed by atoms with Crippen molar-refractivity contribution in [1.82, 2.24) is 0 Å². The Hall–Kier alpha value is -0.160. The van der Waals surface area contributed by atoms with E-state index in [1.165, 1.54) is 0 Å². The first-order valence-corrected chi connectivity index (χ1v) is 5.58. The molecule has 0 aliphatic rings. The molecule has 92 valence electrons. The lowest BCUT2D eigenvalue weighted by molar-refractivity contribution is -0.0268. The van der Waals surface area contributed by atoms with Crippen LogP contribution in [0.25, 0.3) is 0 Å². The van der Waals surface area contributed by atoms with Gasteiger partial charge >= 0.3 is 0 Å². The van der Waals surface area contributed by atoms with Gasteiger partial charge in [-0.25, -0.2) is 0 Å². The Morgan fingerprint density at radius 3 is 2.40 bits per heavy atom. The van der Waals surface area contributed by atoms with Gasteiger partial charge in [-0.3, -0.25) is 0 Å². The summed E-state index contributed by atoms with van der Waals surface area (Å²) in [6, 6.07) is 0. The van der Waals surface area contributed by atoms with Gasteiger partial charge in [0.25, 0.3) is 0 Å². The number of aliphatic hydroxyl groups excluding tert-OH is 1. The highest BCUT2D eigenvalue weighted by atomic mass is 16.5. The van der Waals surface area contributed by atoms with Crippen molar-refractivity contribution in [3.05, 3.63) is 0 Å². The Bertz CT molecular complexity index is 145. The Morgan fingerprint density at radius 1 is 1.27 bits per heavy atom. The molecular formula is C11H25NO3. The van der Waals surface area contributed by atoms with Crippen molar-refractivity contribution in [2.45, 2.75) is 45.3 Å². The summed E-state index contributed by atoms with van der Waals surface area (Å²) in [6.45, 7) is 7.65. The van der Waals surface area contributed by atoms with Crippen LogP contribution in [0.15, 0.2) is 0 Å². The third-order valence-electron chi connectivity index (χ3n) is 1.74. The van der Waals surface area contributed by atoms with Crippen molar-refractivity contribution in [2.24, 2.45) is 5.73 Å². The van der Waals surface area contributed by atoms with Gasteiger partial charge in [-0.1, -0.05) is 13.3 Å². The van der Waals surface area contributed by atoms with Gasteiger partial charge < -0.3 is 20.3 Å². The van der Waals surface area contributed by atoms with Crippen molar-refractivity contribution in [1.29, 1.82) is 0 Å². The van der Waals surface area contributed by atoms with Gasteiger partial charge in [0.2, 0.25) is 0 Å². The molecule has 0 bridgehead atoms. The highest BCUT2D eigenvalue weighted by Gasteiger charge is 2.12. The maximum absolute atomic E-state index is 9.45. The normalized spacial score (nSPS) is 14.2. The molecule has 3 N–H and O–H groups in total. The minimum atomic E-state index is -0.552. The van der Waals surface area contributed by atoms with Crippen LogP contribution in [-0.2, 0) is 9.47 Å². The molecule has 0 aromatic heterocycles. The summed E-state index contributed by atoms with van der Waals surface area (Å²) in [5.74, 6) is 0. The summed E-state index contributed by atoms with van der Waals surface area (Å²) < 4.78 is 10.5. The SMILES string of the molecule is CCCCOCC(O)COCC(C)(C)N. The van der Waals surface area contributed by atoms with Crippen LogP contribution >= 0.6 is 0 Å². The number of nitrogens with two attached hydrogens (primary N) is 1. The Labute approximate surface area is 92.7 Å². The van der Waals surface area contributed by atoms with E-state index in [1.807, 2.05) is 13.8 Å². The van der Waals surface area contributed by atoms with Crippen LogP contribution in [0.3, 0.4) is 0 Å². The van der Waals surface area contributed by atoms with E-state index in [0.717, 1.165) is 12.8 Å². The number of aliphatic hydroxyl groups is 1. The second-order valence-electron chi connectivity index (χ2n) is 4.59. The van der Waals surface area contributed by atoms with E-state index in [9.17, 15) is 5.11 Å². The van der Waals surface area contributed by atoms with Crippen molar-refractivity contribution < 1.29 is 14.6 Å². The van der Waals surface area contributed by atoms with Gasteiger partial charge in [0, 0.05) is 12.1 Å². The standard InChI is InChI=1S/C11H25NO3/c1-4-5-6-14-7-10(13)8-15-9-11(2,3)12/h10,13H,4-9,12H2,1-3H3. The molecule has 0 rings (SSSR count). The first-order valence-electron chi connectivity index (χ1n) is 5.58. The Kier molecular flexibility index (Phi) is 7.96. The first kappa shape index (κ1) is 14.8. The topological polar surface area (TPSA) is 64.7 Å². The van der Waals surface area contributed by atoms with Gasteiger partial charge in [0.05, 0.1) is 19.8 Å². The molecule has 0 radical (unpaired) electrons. The molecule has 0 spiro atoms. The molecule has 4 nitrogen and oxygen atoms in total. The highest BCUT2D eigenvalue weighted by Crippen LogP contribution is 1.98. The Morgan fingerprint density at radius 2 is 1.87 bits per heavy atom. The fraction of sp³-hybridized carbons (Fsp3) is 1.00. The van der Waals surface area contributed by atoms with E-state index >= 15 is 0 Å². The summed E-state index contributed by atoms with van der Waals surface area (Å²) in [7, 11) is 0. The lowest BCUT2D eigenvalue weighted by atomic mass is 10.1. The van der Waals surface area contributed by atoms with Crippen molar-refractivity contribution in [2.75, 3.05) is 26.4 Å². The molecular weight excluding hydrogens is 194 g/mol. The van der Waals surface area contributed by atoms with Crippen LogP contribution in [0.2, 0.25) is 0 Å². The fourth-order valence-electron chi connectivity index (χ4n) is 0.972. The van der Waals surface area contributed by atoms with Crippen LogP contribution in [0, 0.1) is 0 Å². The van der Waals surface area contributed by atoms with E-state index in [0.29, 0.717) is 19.8 Å². The molecule has 0 aromatic carbocycles. The summed E-state index contributed by atoms with van der Waals surface area (Å²) in [5.41, 5.74) is 5.38. The number of rotatable bonds is 9. The summed E-state index contributed by atoms with van der Waals surface area (Å²) in [6.07, 6.45) is 1.58. The van der Waals surface area contributed by atoms with Crippen molar-refractivity contribution in [3.63, 3.8) is 0 Å². The smallest absolute Gasteiger partial charge is 0.101 e. The molecule has 0 aromatic rings. The third-order valence-corrected chi connectivity index (χ3v) is 1.74. The van der Waals surface area contributed by atoms with Crippen LogP contribution in [0.1, 0.15) is 33.6 Å². The third kappa shape index (κ3) is 11.8. The largest absolute Gasteiger partial charge is 0.388 e. The molecule has 0 fully saturated rings. The summed E-state index contributed by atoms with van der Waals surface area (Å²) in [5, 5.41) is 9.45. The average Bonchev–Trinajstić information content (AvgIpc) is 2.10. The molecule has 15 heavy (non-hydrogen) atoms. The molecule has 0 heterocycles. The predicted octanol–water partition coefficient (Wildman–Crippen LogP) is 0.918. The van der Waals surface area contributed by atoms with E-state index in [-0.39, 0.29) is 12.1 Å². The first-order chi connectivity index (χ1) is 6.95. The second kappa shape index (κ2) is 8.05. The molecule has 4 heteroatoms. The molecule has 0 amide bonds. The van der Waals surface area contributed by atoms with Gasteiger partial charge in [-0.2, -0.15) is 0 Å². The fourth-order valence-corrected chi connectivity index (χ4v) is 0.972. The van der Waals surface area contributed by atoms with E-state index < -0.39 is 6.10 Å². The maximum atomic E-state index is 9.45. The van der Waals surface area contributed by atoms with Crippen molar-refractivity contribution in [3.8, 4) is 0 Å². The van der Waals surface area contributed by atoms with Crippen LogP contribution < -0.4 is 5.73 Å². The zero-order valence-electron chi connectivity index (χ0n) is 10.2. The molecule has 1 unspecified atom stereocenters.